The van der Waals surface area contributed by atoms with E-state index in [1.807, 2.05) is 18.4 Å². The number of hydrogen-bond acceptors (Lipinski definition) is 2. The zero-order valence-electron chi connectivity index (χ0n) is 11.4. The van der Waals surface area contributed by atoms with Crippen molar-refractivity contribution in [3.63, 3.8) is 0 Å². The number of benzene rings is 1. The first-order valence-corrected chi connectivity index (χ1v) is 7.50. The standard InChI is InChI=1S/C16H21NS/c1-4-12-6-7-13(5-2)16(8-12)14-9-15(10-17-3)18-11-14/h6-9,11,17H,4-5,10H2,1-3H3. The molecule has 0 bridgehead atoms. The Bertz CT molecular complexity index is 514. The predicted octanol–water partition coefficient (Wildman–Crippen LogP) is 4.26. The molecule has 0 saturated carbocycles. The van der Waals surface area contributed by atoms with Crippen molar-refractivity contribution in [1.29, 1.82) is 0 Å². The van der Waals surface area contributed by atoms with Gasteiger partial charge in [0.15, 0.2) is 0 Å². The van der Waals surface area contributed by atoms with Crippen LogP contribution < -0.4 is 5.32 Å². The second-order valence-corrected chi connectivity index (χ2v) is 5.53. The van der Waals surface area contributed by atoms with Crippen LogP contribution in [0.4, 0.5) is 0 Å². The second kappa shape index (κ2) is 6.17. The van der Waals surface area contributed by atoms with Crippen LogP contribution in [0.5, 0.6) is 0 Å². The molecular formula is C16H21NS. The van der Waals surface area contributed by atoms with Crippen LogP contribution in [-0.4, -0.2) is 7.05 Å². The fourth-order valence-corrected chi connectivity index (χ4v) is 3.11. The Morgan fingerprint density at radius 2 is 1.94 bits per heavy atom. The smallest absolute Gasteiger partial charge is 0.0296 e. The molecule has 0 atom stereocenters. The van der Waals surface area contributed by atoms with Gasteiger partial charge in [-0.2, -0.15) is 0 Å². The number of aryl methyl sites for hydroxylation is 2. The van der Waals surface area contributed by atoms with Crippen molar-refractivity contribution in [3.8, 4) is 11.1 Å². The van der Waals surface area contributed by atoms with Gasteiger partial charge in [0.2, 0.25) is 0 Å². The minimum atomic E-state index is 0.958. The summed E-state index contributed by atoms with van der Waals surface area (Å²) >= 11 is 1.84. The molecule has 1 heterocycles. The van der Waals surface area contributed by atoms with E-state index in [9.17, 15) is 0 Å². The maximum atomic E-state index is 3.21. The molecule has 0 spiro atoms. The van der Waals surface area contributed by atoms with E-state index in [-0.39, 0.29) is 0 Å². The Morgan fingerprint density at radius 1 is 1.11 bits per heavy atom. The summed E-state index contributed by atoms with van der Waals surface area (Å²) in [6.07, 6.45) is 2.20. The van der Waals surface area contributed by atoms with Crippen LogP contribution in [0.2, 0.25) is 0 Å². The number of hydrogen-bond donors (Lipinski definition) is 1. The third kappa shape index (κ3) is 2.82. The van der Waals surface area contributed by atoms with Gasteiger partial charge >= 0.3 is 0 Å². The lowest BCUT2D eigenvalue weighted by Gasteiger charge is -2.08. The zero-order chi connectivity index (χ0) is 13.0. The Balaban J connectivity index is 2.40. The van der Waals surface area contributed by atoms with Crippen LogP contribution in [0.1, 0.15) is 29.9 Å². The number of thiophene rings is 1. The van der Waals surface area contributed by atoms with Crippen LogP contribution in [0.25, 0.3) is 11.1 Å². The summed E-state index contributed by atoms with van der Waals surface area (Å²) in [5.74, 6) is 0. The largest absolute Gasteiger partial charge is 0.315 e. The fourth-order valence-electron chi connectivity index (χ4n) is 2.21. The Morgan fingerprint density at radius 3 is 2.61 bits per heavy atom. The summed E-state index contributed by atoms with van der Waals surface area (Å²) in [5.41, 5.74) is 5.65. The quantitative estimate of drug-likeness (QED) is 0.846. The molecule has 2 heteroatoms. The Kier molecular flexibility index (Phi) is 4.56. The lowest BCUT2D eigenvalue weighted by atomic mass is 9.96. The molecule has 0 aliphatic rings. The molecule has 1 aromatic carbocycles. The highest BCUT2D eigenvalue weighted by Gasteiger charge is 2.07. The molecule has 1 N–H and O–H groups in total. The van der Waals surface area contributed by atoms with Crippen molar-refractivity contribution in [3.05, 3.63) is 45.6 Å². The molecule has 18 heavy (non-hydrogen) atoms. The van der Waals surface area contributed by atoms with Gasteiger partial charge in [0, 0.05) is 11.4 Å². The summed E-state index contributed by atoms with van der Waals surface area (Å²) in [4.78, 5) is 1.40. The van der Waals surface area contributed by atoms with Gasteiger partial charge < -0.3 is 5.32 Å². The number of rotatable bonds is 5. The summed E-state index contributed by atoms with van der Waals surface area (Å²) in [6.45, 7) is 5.40. The maximum absolute atomic E-state index is 3.21. The zero-order valence-corrected chi connectivity index (χ0v) is 12.2. The molecule has 0 amide bonds. The molecular weight excluding hydrogens is 238 g/mol. The first-order valence-electron chi connectivity index (χ1n) is 6.62. The highest BCUT2D eigenvalue weighted by Crippen LogP contribution is 2.30. The van der Waals surface area contributed by atoms with Gasteiger partial charge in [-0.05, 0) is 53.6 Å². The van der Waals surface area contributed by atoms with Crippen LogP contribution in [0, 0.1) is 0 Å². The van der Waals surface area contributed by atoms with Crippen LogP contribution in [0.15, 0.2) is 29.6 Å². The van der Waals surface area contributed by atoms with Crippen molar-refractivity contribution in [2.24, 2.45) is 0 Å². The van der Waals surface area contributed by atoms with E-state index in [1.54, 1.807) is 0 Å². The molecule has 0 unspecified atom stereocenters. The third-order valence-electron chi connectivity index (χ3n) is 3.28. The van der Waals surface area contributed by atoms with E-state index < -0.39 is 0 Å². The highest BCUT2D eigenvalue weighted by molar-refractivity contribution is 7.10. The molecule has 1 nitrogen and oxygen atoms in total. The first-order chi connectivity index (χ1) is 8.78. The Hall–Kier alpha value is -1.12. The van der Waals surface area contributed by atoms with E-state index in [2.05, 4.69) is 48.8 Å². The van der Waals surface area contributed by atoms with Gasteiger partial charge in [-0.1, -0.05) is 32.0 Å². The van der Waals surface area contributed by atoms with Crippen molar-refractivity contribution < 1.29 is 0 Å². The number of nitrogens with one attached hydrogen (secondary N) is 1. The van der Waals surface area contributed by atoms with Crippen molar-refractivity contribution in [2.45, 2.75) is 33.2 Å². The molecule has 0 fully saturated rings. The minimum absolute atomic E-state index is 0.958. The normalized spacial score (nSPS) is 10.8. The van der Waals surface area contributed by atoms with Gasteiger partial charge in [-0.25, -0.2) is 0 Å². The monoisotopic (exact) mass is 259 g/mol. The van der Waals surface area contributed by atoms with Gasteiger partial charge in [0.25, 0.3) is 0 Å². The molecule has 96 valence electrons. The molecule has 0 aliphatic carbocycles. The van der Waals surface area contributed by atoms with E-state index in [1.165, 1.54) is 27.1 Å². The maximum Gasteiger partial charge on any atom is 0.0296 e. The molecule has 0 radical (unpaired) electrons. The molecule has 0 aliphatic heterocycles. The van der Waals surface area contributed by atoms with Crippen molar-refractivity contribution in [2.75, 3.05) is 7.05 Å². The van der Waals surface area contributed by atoms with Gasteiger partial charge in [-0.15, -0.1) is 11.3 Å². The second-order valence-electron chi connectivity index (χ2n) is 4.53. The van der Waals surface area contributed by atoms with Crippen molar-refractivity contribution >= 4 is 11.3 Å². The van der Waals surface area contributed by atoms with E-state index in [4.69, 9.17) is 0 Å². The Labute approximate surface area is 114 Å². The van der Waals surface area contributed by atoms with E-state index >= 15 is 0 Å². The summed E-state index contributed by atoms with van der Waals surface area (Å²) < 4.78 is 0. The topological polar surface area (TPSA) is 12.0 Å². The summed E-state index contributed by atoms with van der Waals surface area (Å²) in [6, 6.07) is 9.20. The van der Waals surface area contributed by atoms with Gasteiger partial charge in [0.05, 0.1) is 0 Å². The third-order valence-corrected chi connectivity index (χ3v) is 4.22. The fraction of sp³-hybridized carbons (Fsp3) is 0.375. The molecule has 2 aromatic rings. The summed E-state index contributed by atoms with van der Waals surface area (Å²) in [5, 5.41) is 5.49. The molecule has 2 rings (SSSR count). The van der Waals surface area contributed by atoms with Gasteiger partial charge in [0.1, 0.15) is 0 Å². The minimum Gasteiger partial charge on any atom is -0.315 e. The molecule has 0 saturated heterocycles. The van der Waals surface area contributed by atoms with Crippen molar-refractivity contribution in [1.82, 2.24) is 5.32 Å². The molecule has 1 aromatic heterocycles. The summed E-state index contributed by atoms with van der Waals surface area (Å²) in [7, 11) is 1.99. The lowest BCUT2D eigenvalue weighted by Crippen LogP contribution is -2.02. The van der Waals surface area contributed by atoms with E-state index in [0.717, 1.165) is 19.4 Å². The SMILES string of the molecule is CCc1ccc(CC)c(-c2csc(CNC)c2)c1. The van der Waals surface area contributed by atoms with Gasteiger partial charge in [-0.3, -0.25) is 0 Å². The van der Waals surface area contributed by atoms with Crippen LogP contribution >= 0.6 is 11.3 Å². The first kappa shape index (κ1) is 13.3. The highest BCUT2D eigenvalue weighted by atomic mass is 32.1. The van der Waals surface area contributed by atoms with Crippen LogP contribution in [-0.2, 0) is 19.4 Å². The predicted molar refractivity (Wildman–Crippen MR) is 81.3 cm³/mol. The van der Waals surface area contributed by atoms with Crippen LogP contribution in [0.3, 0.4) is 0 Å². The average molecular weight is 259 g/mol. The average Bonchev–Trinajstić information content (AvgIpc) is 2.87. The van der Waals surface area contributed by atoms with E-state index in [0.29, 0.717) is 0 Å². The lowest BCUT2D eigenvalue weighted by molar-refractivity contribution is 0.831.